The molecule has 1 aliphatic heterocycles. The van der Waals surface area contributed by atoms with E-state index in [4.69, 9.17) is 0 Å². The second kappa shape index (κ2) is 3.50. The first-order valence-electron chi connectivity index (χ1n) is 4.34. The fourth-order valence-electron chi connectivity index (χ4n) is 1.48. The summed E-state index contributed by atoms with van der Waals surface area (Å²) in [5.74, 6) is 0.751. The first-order valence-corrected chi connectivity index (χ1v) is 5.15. The molecule has 1 atom stereocenters. The molecule has 0 bridgehead atoms. The van der Waals surface area contributed by atoms with Crippen LogP contribution in [0.1, 0.15) is 12.5 Å². The molecule has 1 aromatic rings. The maximum Gasteiger partial charge on any atom is 0.0260 e. The summed E-state index contributed by atoms with van der Waals surface area (Å²) in [5, 5.41) is 0. The van der Waals surface area contributed by atoms with E-state index < -0.39 is 0 Å². The van der Waals surface area contributed by atoms with Crippen molar-refractivity contribution < 1.29 is 0 Å². The minimum atomic E-state index is 0.751. The molecule has 0 amide bonds. The summed E-state index contributed by atoms with van der Waals surface area (Å²) >= 11 is 1.76. The summed E-state index contributed by atoms with van der Waals surface area (Å²) < 4.78 is 3.37. The van der Waals surface area contributed by atoms with E-state index in [0.29, 0.717) is 0 Å². The number of nitrogens with one attached hydrogen (secondary N) is 1. The van der Waals surface area contributed by atoms with Crippen LogP contribution >= 0.6 is 11.9 Å². The van der Waals surface area contributed by atoms with Crippen molar-refractivity contribution >= 4 is 11.9 Å². The third-order valence-electron chi connectivity index (χ3n) is 2.15. The highest BCUT2D eigenvalue weighted by Gasteiger charge is 2.11. The Balaban J connectivity index is 2.31. The minimum absolute atomic E-state index is 0.751. The monoisotopic (exact) mass is 179 g/mol. The van der Waals surface area contributed by atoms with Crippen LogP contribution in [0.15, 0.2) is 29.2 Å². The van der Waals surface area contributed by atoms with Crippen LogP contribution in [0.2, 0.25) is 0 Å². The second-order valence-electron chi connectivity index (χ2n) is 3.37. The Morgan fingerprint density at radius 3 is 3.17 bits per heavy atom. The Bertz CT molecular complexity index is 272. The van der Waals surface area contributed by atoms with Crippen molar-refractivity contribution in [2.45, 2.75) is 18.2 Å². The lowest BCUT2D eigenvalue weighted by atomic mass is 10.0. The van der Waals surface area contributed by atoms with E-state index in [-0.39, 0.29) is 0 Å². The zero-order valence-electron chi connectivity index (χ0n) is 7.21. The number of benzene rings is 1. The quantitative estimate of drug-likeness (QED) is 0.614. The first kappa shape index (κ1) is 8.14. The van der Waals surface area contributed by atoms with Crippen molar-refractivity contribution in [1.29, 1.82) is 0 Å². The van der Waals surface area contributed by atoms with Crippen molar-refractivity contribution in [2.24, 2.45) is 5.92 Å². The maximum absolute atomic E-state index is 3.37. The molecule has 1 N–H and O–H groups in total. The molecule has 12 heavy (non-hydrogen) atoms. The van der Waals surface area contributed by atoms with E-state index in [1.165, 1.54) is 16.9 Å². The molecule has 1 aromatic carbocycles. The van der Waals surface area contributed by atoms with Crippen molar-refractivity contribution in [1.82, 2.24) is 4.72 Å². The minimum Gasteiger partial charge on any atom is -0.260 e. The van der Waals surface area contributed by atoms with Gasteiger partial charge in [0.25, 0.3) is 0 Å². The van der Waals surface area contributed by atoms with Crippen LogP contribution in [-0.2, 0) is 6.42 Å². The highest BCUT2D eigenvalue weighted by molar-refractivity contribution is 7.97. The Morgan fingerprint density at radius 2 is 2.25 bits per heavy atom. The highest BCUT2D eigenvalue weighted by atomic mass is 32.2. The van der Waals surface area contributed by atoms with Gasteiger partial charge >= 0.3 is 0 Å². The van der Waals surface area contributed by atoms with E-state index in [2.05, 4.69) is 35.9 Å². The molecule has 1 heterocycles. The Labute approximate surface area is 77.7 Å². The second-order valence-corrected chi connectivity index (χ2v) is 4.30. The largest absolute Gasteiger partial charge is 0.260 e. The van der Waals surface area contributed by atoms with Crippen LogP contribution in [0.3, 0.4) is 0 Å². The molecule has 2 heteroatoms. The van der Waals surface area contributed by atoms with Gasteiger partial charge in [0.2, 0.25) is 0 Å². The van der Waals surface area contributed by atoms with Crippen molar-refractivity contribution in [3.05, 3.63) is 29.8 Å². The van der Waals surface area contributed by atoms with Gasteiger partial charge in [-0.15, -0.1) is 0 Å². The summed E-state index contributed by atoms with van der Waals surface area (Å²) in [6.45, 7) is 3.40. The van der Waals surface area contributed by atoms with Gasteiger partial charge < -0.3 is 0 Å². The molecule has 64 valence electrons. The van der Waals surface area contributed by atoms with E-state index in [0.717, 1.165) is 12.5 Å². The van der Waals surface area contributed by atoms with E-state index in [1.54, 1.807) is 11.9 Å². The van der Waals surface area contributed by atoms with Crippen molar-refractivity contribution in [3.8, 4) is 0 Å². The number of rotatable bonds is 0. The van der Waals surface area contributed by atoms with Gasteiger partial charge in [0.05, 0.1) is 0 Å². The van der Waals surface area contributed by atoms with Crippen LogP contribution < -0.4 is 4.72 Å². The molecule has 2 rings (SSSR count). The number of fused-ring (bicyclic) bond motifs is 1. The number of hydrogen-bond acceptors (Lipinski definition) is 2. The zero-order valence-corrected chi connectivity index (χ0v) is 8.03. The molecular weight excluding hydrogens is 166 g/mol. The van der Waals surface area contributed by atoms with Gasteiger partial charge in [-0.1, -0.05) is 25.1 Å². The van der Waals surface area contributed by atoms with Crippen molar-refractivity contribution in [2.75, 3.05) is 6.54 Å². The highest BCUT2D eigenvalue weighted by Crippen LogP contribution is 2.25. The van der Waals surface area contributed by atoms with Crippen LogP contribution in [0.25, 0.3) is 0 Å². The van der Waals surface area contributed by atoms with Gasteiger partial charge in [-0.05, 0) is 35.9 Å². The lowest BCUT2D eigenvalue weighted by Crippen LogP contribution is -2.12. The van der Waals surface area contributed by atoms with Gasteiger partial charge in [0, 0.05) is 11.4 Å². The average molecular weight is 179 g/mol. The lowest BCUT2D eigenvalue weighted by Gasteiger charge is -2.05. The van der Waals surface area contributed by atoms with Gasteiger partial charge in [-0.25, -0.2) is 0 Å². The van der Waals surface area contributed by atoms with Crippen LogP contribution in [0.5, 0.6) is 0 Å². The fourth-order valence-corrected chi connectivity index (χ4v) is 2.43. The molecule has 0 aromatic heterocycles. The summed E-state index contributed by atoms with van der Waals surface area (Å²) in [7, 11) is 0. The Hall–Kier alpha value is -0.470. The van der Waals surface area contributed by atoms with E-state index >= 15 is 0 Å². The molecule has 0 aliphatic carbocycles. The van der Waals surface area contributed by atoms with E-state index in [1.807, 2.05) is 0 Å². The third-order valence-corrected chi connectivity index (χ3v) is 3.08. The normalized spacial score (nSPS) is 22.9. The van der Waals surface area contributed by atoms with Crippen LogP contribution in [0, 0.1) is 5.92 Å². The first-order chi connectivity index (χ1) is 5.86. The summed E-state index contributed by atoms with van der Waals surface area (Å²) in [5.41, 5.74) is 1.49. The lowest BCUT2D eigenvalue weighted by molar-refractivity contribution is 0.578. The van der Waals surface area contributed by atoms with Crippen molar-refractivity contribution in [3.63, 3.8) is 0 Å². The standard InChI is InChI=1S/C10H13NS/c1-8-6-9-4-2-3-5-10(9)12-11-7-8/h2-5,8,11H,6-7H2,1H3/t8-/m1/s1. The summed E-state index contributed by atoms with van der Waals surface area (Å²) in [6.07, 6.45) is 1.20. The summed E-state index contributed by atoms with van der Waals surface area (Å²) in [6, 6.07) is 8.64. The summed E-state index contributed by atoms with van der Waals surface area (Å²) in [4.78, 5) is 1.39. The smallest absolute Gasteiger partial charge is 0.0260 e. The third kappa shape index (κ3) is 1.65. The molecule has 1 aliphatic rings. The van der Waals surface area contributed by atoms with Gasteiger partial charge in [-0.3, -0.25) is 4.72 Å². The molecule has 1 nitrogen and oxygen atoms in total. The molecular formula is C10H13NS. The number of hydrogen-bond donors (Lipinski definition) is 1. The van der Waals surface area contributed by atoms with E-state index in [9.17, 15) is 0 Å². The van der Waals surface area contributed by atoms with Gasteiger partial charge in [-0.2, -0.15) is 0 Å². The predicted octanol–water partition coefficient (Wildman–Crippen LogP) is 2.48. The molecule has 0 saturated carbocycles. The fraction of sp³-hybridized carbons (Fsp3) is 0.400. The van der Waals surface area contributed by atoms with Crippen LogP contribution in [-0.4, -0.2) is 6.54 Å². The average Bonchev–Trinajstić information content (AvgIpc) is 2.25. The molecule has 0 fully saturated rings. The molecule has 0 unspecified atom stereocenters. The molecule has 0 saturated heterocycles. The topological polar surface area (TPSA) is 12.0 Å². The zero-order chi connectivity index (χ0) is 8.39. The van der Waals surface area contributed by atoms with Gasteiger partial charge in [0.1, 0.15) is 0 Å². The maximum atomic E-state index is 3.37. The molecule has 0 spiro atoms. The molecule has 0 radical (unpaired) electrons. The SMILES string of the molecule is C[C@H]1CNSc2ccccc2C1. The Morgan fingerprint density at radius 1 is 1.42 bits per heavy atom. The van der Waals surface area contributed by atoms with Crippen LogP contribution in [0.4, 0.5) is 0 Å². The predicted molar refractivity (Wildman–Crippen MR) is 53.2 cm³/mol. The van der Waals surface area contributed by atoms with Gasteiger partial charge in [0.15, 0.2) is 0 Å². The Kier molecular flexibility index (Phi) is 2.38.